The van der Waals surface area contributed by atoms with Crippen molar-refractivity contribution in [2.24, 2.45) is 0 Å². The third kappa shape index (κ3) is 13.2. The largest absolute Gasteiger partial charge is 0.489 e. The molecule has 0 bridgehead atoms. The van der Waals surface area contributed by atoms with Gasteiger partial charge < -0.3 is 25.2 Å². The predicted octanol–water partition coefficient (Wildman–Crippen LogP) is 0.867. The molecular formula is C29H38GdN4O9. The second kappa shape index (κ2) is 18.8. The van der Waals surface area contributed by atoms with E-state index >= 15 is 0 Å². The van der Waals surface area contributed by atoms with Gasteiger partial charge in [0.15, 0.2) is 0 Å². The summed E-state index contributed by atoms with van der Waals surface area (Å²) in [6, 6.07) is 15.3. The van der Waals surface area contributed by atoms with E-state index in [0.29, 0.717) is 17.9 Å². The van der Waals surface area contributed by atoms with Crippen LogP contribution in [-0.2, 0) is 25.8 Å². The molecule has 2 aromatic rings. The molecular weight excluding hydrogens is 706 g/mol. The molecule has 236 valence electrons. The summed E-state index contributed by atoms with van der Waals surface area (Å²) < 4.78 is 5.83. The Morgan fingerprint density at radius 3 is 1.44 bits per heavy atom. The SMILES string of the molecule is O=C(O)CN1CCN(CC(=O)O)CCN(C(C(=O)O)c2ccc(OCc3ccccc3)cc2)CCN(CC(=O)O)CC1.[Gd]. The fourth-order valence-electron chi connectivity index (χ4n) is 4.86. The van der Waals surface area contributed by atoms with E-state index in [1.807, 2.05) is 30.3 Å². The number of benzene rings is 2. The van der Waals surface area contributed by atoms with Gasteiger partial charge in [0.25, 0.3) is 0 Å². The van der Waals surface area contributed by atoms with Gasteiger partial charge >= 0.3 is 23.9 Å². The van der Waals surface area contributed by atoms with Crippen LogP contribution in [0, 0.1) is 39.9 Å². The average molecular weight is 744 g/mol. The smallest absolute Gasteiger partial charge is 0.325 e. The number of hydrogen-bond acceptors (Lipinski definition) is 9. The number of hydrogen-bond donors (Lipinski definition) is 4. The Kier molecular flexibility index (Phi) is 16.0. The molecule has 0 spiro atoms. The van der Waals surface area contributed by atoms with Crippen LogP contribution in [0.5, 0.6) is 5.75 Å². The Bertz CT molecular complexity index is 1150. The molecule has 1 aliphatic rings. The summed E-state index contributed by atoms with van der Waals surface area (Å²) in [7, 11) is 0. The number of ether oxygens (including phenoxy) is 1. The van der Waals surface area contributed by atoms with E-state index in [1.54, 1.807) is 43.9 Å². The van der Waals surface area contributed by atoms with Gasteiger partial charge in [0.1, 0.15) is 18.4 Å². The Hall–Kier alpha value is -2.72. The number of carbonyl (C=O) groups is 4. The van der Waals surface area contributed by atoms with Crippen molar-refractivity contribution in [1.29, 1.82) is 0 Å². The van der Waals surface area contributed by atoms with Crippen LogP contribution in [0.1, 0.15) is 17.2 Å². The normalized spacial score (nSPS) is 17.0. The predicted molar refractivity (Wildman–Crippen MR) is 151 cm³/mol. The van der Waals surface area contributed by atoms with Crippen LogP contribution in [0.4, 0.5) is 0 Å². The molecule has 2 aromatic carbocycles. The first-order valence-corrected chi connectivity index (χ1v) is 13.7. The Morgan fingerprint density at radius 1 is 0.628 bits per heavy atom. The summed E-state index contributed by atoms with van der Waals surface area (Å²) in [5.74, 6) is -3.66. The van der Waals surface area contributed by atoms with Crippen molar-refractivity contribution in [2.75, 3.05) is 72.0 Å². The second-order valence-electron chi connectivity index (χ2n) is 10.1. The Balaban J connectivity index is 0.00000645. The minimum Gasteiger partial charge on any atom is -0.489 e. The van der Waals surface area contributed by atoms with E-state index in [0.717, 1.165) is 5.56 Å². The van der Waals surface area contributed by atoms with Crippen molar-refractivity contribution in [1.82, 2.24) is 19.6 Å². The molecule has 3 rings (SSSR count). The van der Waals surface area contributed by atoms with E-state index in [9.17, 15) is 39.6 Å². The van der Waals surface area contributed by atoms with Gasteiger partial charge in [0.2, 0.25) is 0 Å². The van der Waals surface area contributed by atoms with E-state index in [4.69, 9.17) is 4.74 Å². The summed E-state index contributed by atoms with van der Waals surface area (Å²) in [4.78, 5) is 53.7. The summed E-state index contributed by atoms with van der Waals surface area (Å²) in [5, 5.41) is 38.5. The third-order valence-electron chi connectivity index (χ3n) is 6.99. The number of aliphatic carboxylic acids is 4. The first kappa shape index (κ1) is 36.5. The molecule has 1 saturated heterocycles. The number of rotatable bonds is 12. The number of nitrogens with zero attached hydrogens (tertiary/aromatic N) is 4. The van der Waals surface area contributed by atoms with Gasteiger partial charge in [-0.05, 0) is 23.3 Å². The van der Waals surface area contributed by atoms with Crippen LogP contribution < -0.4 is 4.74 Å². The van der Waals surface area contributed by atoms with Crippen LogP contribution >= 0.6 is 0 Å². The molecule has 0 radical (unpaired) electrons. The van der Waals surface area contributed by atoms with Crippen molar-refractivity contribution in [3.8, 4) is 5.75 Å². The molecule has 0 aromatic heterocycles. The van der Waals surface area contributed by atoms with E-state index in [2.05, 4.69) is 0 Å². The van der Waals surface area contributed by atoms with Gasteiger partial charge in [0.05, 0.1) is 19.6 Å². The zero-order chi connectivity index (χ0) is 30.5. The summed E-state index contributed by atoms with van der Waals surface area (Å²) >= 11 is 0. The minimum atomic E-state index is -1.10. The summed E-state index contributed by atoms with van der Waals surface area (Å²) in [6.07, 6.45) is 0. The van der Waals surface area contributed by atoms with Crippen molar-refractivity contribution in [3.63, 3.8) is 0 Å². The maximum absolute atomic E-state index is 12.6. The first-order chi connectivity index (χ1) is 20.1. The van der Waals surface area contributed by atoms with Crippen LogP contribution in [0.3, 0.4) is 0 Å². The average Bonchev–Trinajstić information content (AvgIpc) is 2.93. The van der Waals surface area contributed by atoms with Gasteiger partial charge in [-0.3, -0.25) is 38.8 Å². The molecule has 4 N–H and O–H groups in total. The molecule has 1 heterocycles. The van der Waals surface area contributed by atoms with Crippen LogP contribution in [0.2, 0.25) is 0 Å². The third-order valence-corrected chi connectivity index (χ3v) is 6.99. The fourth-order valence-corrected chi connectivity index (χ4v) is 4.86. The number of carboxylic acid groups (broad SMARTS) is 4. The van der Waals surface area contributed by atoms with Crippen molar-refractivity contribution in [3.05, 3.63) is 65.7 Å². The fraction of sp³-hybridized carbons (Fsp3) is 0.448. The standard InChI is InChI=1S/C29H38N4O9.Gd/c34-25(35)18-30-10-12-31(19-26(36)37)14-16-33(17-15-32(13-11-30)20-27(38)39)28(29(40)41)23-6-8-24(9-7-23)42-21-22-4-2-1-3-5-22;/h1-9,28H,10-21H2,(H,34,35)(H,36,37)(H,38,39)(H,40,41);. The van der Waals surface area contributed by atoms with Crippen molar-refractivity contribution < 1.29 is 84.3 Å². The van der Waals surface area contributed by atoms with Gasteiger partial charge in [-0.2, -0.15) is 0 Å². The zero-order valence-electron chi connectivity index (χ0n) is 23.7. The molecule has 0 aliphatic carbocycles. The number of carboxylic acids is 4. The van der Waals surface area contributed by atoms with Crippen molar-refractivity contribution >= 4 is 23.9 Å². The summed E-state index contributed by atoms with van der Waals surface area (Å²) in [5.41, 5.74) is 1.50. The van der Waals surface area contributed by atoms with Gasteiger partial charge in [0, 0.05) is 92.3 Å². The molecule has 1 fully saturated rings. The quantitative estimate of drug-likeness (QED) is 0.242. The molecule has 43 heavy (non-hydrogen) atoms. The zero-order valence-corrected chi connectivity index (χ0v) is 26.0. The van der Waals surface area contributed by atoms with Gasteiger partial charge in [-0.1, -0.05) is 42.5 Å². The van der Waals surface area contributed by atoms with E-state index < -0.39 is 29.9 Å². The molecule has 1 aliphatic heterocycles. The van der Waals surface area contributed by atoms with Gasteiger partial charge in [-0.25, -0.2) is 0 Å². The molecule has 1 unspecified atom stereocenters. The monoisotopic (exact) mass is 744 g/mol. The van der Waals surface area contributed by atoms with Crippen LogP contribution in [0.25, 0.3) is 0 Å². The molecule has 0 amide bonds. The molecule has 14 heteroatoms. The van der Waals surface area contributed by atoms with Crippen LogP contribution in [0.15, 0.2) is 54.6 Å². The maximum atomic E-state index is 12.6. The van der Waals surface area contributed by atoms with E-state index in [1.165, 1.54) is 0 Å². The van der Waals surface area contributed by atoms with Crippen LogP contribution in [-0.4, -0.2) is 136 Å². The maximum Gasteiger partial charge on any atom is 0.325 e. The van der Waals surface area contributed by atoms with Crippen molar-refractivity contribution in [2.45, 2.75) is 12.6 Å². The first-order valence-electron chi connectivity index (χ1n) is 13.7. The minimum absolute atomic E-state index is 0. The molecule has 13 nitrogen and oxygen atoms in total. The Labute approximate surface area is 282 Å². The topological polar surface area (TPSA) is 171 Å². The molecule has 0 saturated carbocycles. The van der Waals surface area contributed by atoms with E-state index in [-0.39, 0.29) is 112 Å². The second-order valence-corrected chi connectivity index (χ2v) is 10.1. The van der Waals surface area contributed by atoms with Gasteiger partial charge in [-0.15, -0.1) is 0 Å². The Morgan fingerprint density at radius 2 is 1.05 bits per heavy atom. The summed E-state index contributed by atoms with van der Waals surface area (Å²) in [6.45, 7) is 1.35. The molecule has 1 atom stereocenters.